The molecule has 0 aliphatic carbocycles. The molecule has 0 saturated carbocycles. The molecule has 3 heterocycles. The van der Waals surface area contributed by atoms with Gasteiger partial charge in [-0.15, -0.1) is 0 Å². The number of hydrogen-bond donors (Lipinski definition) is 1. The Morgan fingerprint density at radius 2 is 1.81 bits per heavy atom. The zero-order valence-electron chi connectivity index (χ0n) is 17.1. The predicted molar refractivity (Wildman–Crippen MR) is 121 cm³/mol. The Labute approximate surface area is 190 Å². The van der Waals surface area contributed by atoms with Gasteiger partial charge in [-0.25, -0.2) is 0 Å². The van der Waals surface area contributed by atoms with Crippen LogP contribution in [-0.2, 0) is 17.9 Å². The molecule has 7 nitrogen and oxygen atoms in total. The van der Waals surface area contributed by atoms with Crippen molar-refractivity contribution >= 4 is 34.8 Å². The molecule has 1 saturated heterocycles. The van der Waals surface area contributed by atoms with Gasteiger partial charge in [0.2, 0.25) is 5.91 Å². The molecule has 1 N–H and O–H groups in total. The van der Waals surface area contributed by atoms with E-state index >= 15 is 0 Å². The molecule has 31 heavy (non-hydrogen) atoms. The van der Waals surface area contributed by atoms with Crippen molar-refractivity contribution in [3.63, 3.8) is 0 Å². The Bertz CT molecular complexity index is 1080. The number of pyridine rings is 1. The van der Waals surface area contributed by atoms with Gasteiger partial charge in [0.25, 0.3) is 0 Å². The maximum Gasteiger partial charge on any atom is 0.244 e. The molecular formula is C22H23Cl2N5O2. The number of carbonyl (C=O) groups is 1. The first-order valence-corrected chi connectivity index (χ1v) is 10.8. The summed E-state index contributed by atoms with van der Waals surface area (Å²) < 4.78 is 1.67. The number of aliphatic hydroxyl groups excluding tert-OH is 1. The molecule has 162 valence electrons. The van der Waals surface area contributed by atoms with E-state index in [9.17, 15) is 9.90 Å². The third kappa shape index (κ3) is 4.54. The largest absolute Gasteiger partial charge is 0.392 e. The van der Waals surface area contributed by atoms with Crippen LogP contribution in [0.25, 0.3) is 11.3 Å². The van der Waals surface area contributed by atoms with E-state index in [-0.39, 0.29) is 19.1 Å². The number of hydrogen-bond acceptors (Lipinski definition) is 5. The van der Waals surface area contributed by atoms with Crippen molar-refractivity contribution < 1.29 is 9.90 Å². The van der Waals surface area contributed by atoms with E-state index in [1.165, 1.54) is 0 Å². The second-order valence-corrected chi connectivity index (χ2v) is 8.23. The van der Waals surface area contributed by atoms with Gasteiger partial charge < -0.3 is 14.9 Å². The van der Waals surface area contributed by atoms with Crippen molar-refractivity contribution in [2.45, 2.75) is 20.1 Å². The summed E-state index contributed by atoms with van der Waals surface area (Å²) in [7, 11) is 0. The normalized spacial score (nSPS) is 14.2. The van der Waals surface area contributed by atoms with E-state index < -0.39 is 0 Å². The highest BCUT2D eigenvalue weighted by molar-refractivity contribution is 6.33. The molecule has 0 spiro atoms. The van der Waals surface area contributed by atoms with Crippen LogP contribution in [0, 0.1) is 6.92 Å². The van der Waals surface area contributed by atoms with Crippen LogP contribution in [0.4, 0.5) is 5.69 Å². The van der Waals surface area contributed by atoms with Gasteiger partial charge >= 0.3 is 0 Å². The number of halogens is 2. The third-order valence-corrected chi connectivity index (χ3v) is 6.39. The Hall–Kier alpha value is -2.61. The Kier molecular flexibility index (Phi) is 6.46. The Balaban J connectivity index is 1.41. The lowest BCUT2D eigenvalue weighted by atomic mass is 10.1. The molecule has 1 aliphatic rings. The molecule has 0 bridgehead atoms. The number of aliphatic hydroxyl groups is 1. The van der Waals surface area contributed by atoms with Crippen LogP contribution in [0.1, 0.15) is 11.3 Å². The quantitative estimate of drug-likeness (QED) is 0.632. The lowest BCUT2D eigenvalue weighted by Gasteiger charge is -2.36. The lowest BCUT2D eigenvalue weighted by molar-refractivity contribution is -0.132. The molecule has 1 aliphatic heterocycles. The predicted octanol–water partition coefficient (Wildman–Crippen LogP) is 3.40. The van der Waals surface area contributed by atoms with Crippen molar-refractivity contribution in [3.8, 4) is 11.3 Å². The van der Waals surface area contributed by atoms with E-state index in [1.54, 1.807) is 23.1 Å². The summed E-state index contributed by atoms with van der Waals surface area (Å²) in [4.78, 5) is 21.0. The van der Waals surface area contributed by atoms with Crippen LogP contribution in [0.3, 0.4) is 0 Å². The first-order valence-electron chi connectivity index (χ1n) is 10.0. The number of benzene rings is 1. The topological polar surface area (TPSA) is 74.5 Å². The monoisotopic (exact) mass is 459 g/mol. The molecule has 1 amide bonds. The van der Waals surface area contributed by atoms with E-state index in [4.69, 9.17) is 23.2 Å². The highest BCUT2D eigenvalue weighted by atomic mass is 35.5. The molecule has 1 aromatic carbocycles. The number of anilines is 1. The standard InChI is InChI=1S/C22H23Cl2N5O2/c1-15-21(24)22(16-4-6-25-7-5-16)26-29(15)13-20(31)28-10-8-27(9-11-28)18-2-3-19(23)17(12-18)14-30/h2-7,12,30H,8-11,13-14H2,1H3. The molecule has 1 fully saturated rings. The number of amides is 1. The number of nitrogens with zero attached hydrogens (tertiary/aromatic N) is 5. The third-order valence-electron chi connectivity index (χ3n) is 5.57. The Morgan fingerprint density at radius 3 is 2.48 bits per heavy atom. The van der Waals surface area contributed by atoms with E-state index in [2.05, 4.69) is 15.0 Å². The fourth-order valence-corrected chi connectivity index (χ4v) is 4.12. The van der Waals surface area contributed by atoms with Gasteiger partial charge in [0, 0.05) is 54.8 Å². The van der Waals surface area contributed by atoms with Crippen LogP contribution >= 0.6 is 23.2 Å². The first kappa shape index (κ1) is 21.6. The molecule has 9 heteroatoms. The van der Waals surface area contributed by atoms with Gasteiger partial charge in [-0.1, -0.05) is 23.2 Å². The van der Waals surface area contributed by atoms with Gasteiger partial charge in [0.05, 0.1) is 17.3 Å². The summed E-state index contributed by atoms with van der Waals surface area (Å²) in [6, 6.07) is 9.32. The number of piperazine rings is 1. The molecule has 4 rings (SSSR count). The highest BCUT2D eigenvalue weighted by Crippen LogP contribution is 2.29. The van der Waals surface area contributed by atoms with Crippen LogP contribution in [0.2, 0.25) is 10.0 Å². The molecule has 0 unspecified atom stereocenters. The molecule has 0 atom stereocenters. The fraction of sp³-hybridized carbons (Fsp3) is 0.318. The lowest BCUT2D eigenvalue weighted by Crippen LogP contribution is -2.49. The van der Waals surface area contributed by atoms with Crippen molar-refractivity contribution in [3.05, 3.63) is 64.0 Å². The number of rotatable bonds is 5. The summed E-state index contributed by atoms with van der Waals surface area (Å²) in [6.45, 7) is 4.55. The summed E-state index contributed by atoms with van der Waals surface area (Å²) in [5.74, 6) is 0.00958. The zero-order valence-corrected chi connectivity index (χ0v) is 18.6. The second kappa shape index (κ2) is 9.26. The maximum absolute atomic E-state index is 12.9. The van der Waals surface area contributed by atoms with Gasteiger partial charge in [-0.05, 0) is 42.8 Å². The van der Waals surface area contributed by atoms with Crippen LogP contribution in [0.5, 0.6) is 0 Å². The SMILES string of the molecule is Cc1c(Cl)c(-c2ccncc2)nn1CC(=O)N1CCN(c2ccc(Cl)c(CO)c2)CC1. The van der Waals surface area contributed by atoms with Gasteiger partial charge in [0.15, 0.2) is 0 Å². The highest BCUT2D eigenvalue weighted by Gasteiger charge is 2.24. The molecular weight excluding hydrogens is 437 g/mol. The van der Waals surface area contributed by atoms with Crippen molar-refractivity contribution in [1.29, 1.82) is 0 Å². The van der Waals surface area contributed by atoms with Crippen molar-refractivity contribution in [2.24, 2.45) is 0 Å². The van der Waals surface area contributed by atoms with Crippen LogP contribution in [-0.4, -0.2) is 56.9 Å². The average Bonchev–Trinajstić information content (AvgIpc) is 3.08. The van der Waals surface area contributed by atoms with Crippen LogP contribution in [0.15, 0.2) is 42.7 Å². The zero-order chi connectivity index (χ0) is 22.0. The number of aromatic nitrogens is 3. The summed E-state index contributed by atoms with van der Waals surface area (Å²) in [5.41, 5.74) is 3.99. The van der Waals surface area contributed by atoms with Crippen molar-refractivity contribution in [1.82, 2.24) is 19.7 Å². The summed E-state index contributed by atoms with van der Waals surface area (Å²) >= 11 is 12.6. The molecule has 2 aromatic heterocycles. The van der Waals surface area contributed by atoms with E-state index in [1.807, 2.05) is 36.1 Å². The van der Waals surface area contributed by atoms with Crippen molar-refractivity contribution in [2.75, 3.05) is 31.1 Å². The van der Waals surface area contributed by atoms with E-state index in [0.717, 1.165) is 16.9 Å². The molecule has 3 aromatic rings. The minimum Gasteiger partial charge on any atom is -0.392 e. The van der Waals surface area contributed by atoms with Gasteiger partial charge in [-0.2, -0.15) is 5.10 Å². The van der Waals surface area contributed by atoms with Gasteiger partial charge in [-0.3, -0.25) is 14.5 Å². The molecule has 0 radical (unpaired) electrons. The minimum atomic E-state index is -0.0988. The first-order chi connectivity index (χ1) is 15.0. The van der Waals surface area contributed by atoms with Crippen LogP contribution < -0.4 is 4.90 Å². The smallest absolute Gasteiger partial charge is 0.244 e. The number of carbonyl (C=O) groups excluding carboxylic acids is 1. The second-order valence-electron chi connectivity index (χ2n) is 7.44. The van der Waals surface area contributed by atoms with Gasteiger partial charge in [0.1, 0.15) is 12.2 Å². The summed E-state index contributed by atoms with van der Waals surface area (Å²) in [6.07, 6.45) is 3.38. The Morgan fingerprint density at radius 1 is 1.10 bits per heavy atom. The maximum atomic E-state index is 12.9. The summed E-state index contributed by atoms with van der Waals surface area (Å²) in [5, 5.41) is 15.1. The average molecular weight is 460 g/mol. The van der Waals surface area contributed by atoms with E-state index in [0.29, 0.717) is 47.5 Å². The minimum absolute atomic E-state index is 0.00958. The fourth-order valence-electron chi connectivity index (χ4n) is 3.69.